The second kappa shape index (κ2) is 7.27. The molecule has 0 spiro atoms. The van der Waals surface area contributed by atoms with E-state index in [9.17, 15) is 0 Å². The zero-order chi connectivity index (χ0) is 15.4. The average Bonchev–Trinajstić information content (AvgIpc) is 2.89. The summed E-state index contributed by atoms with van der Waals surface area (Å²) in [7, 11) is 0. The maximum atomic E-state index is 6.27. The van der Waals surface area contributed by atoms with E-state index in [1.165, 1.54) is 0 Å². The minimum absolute atomic E-state index is 0.108. The number of nitrogens with one attached hydrogen (secondary N) is 1. The summed E-state index contributed by atoms with van der Waals surface area (Å²) in [6.07, 6.45) is 1.62. The molecule has 2 aromatic rings. The van der Waals surface area contributed by atoms with Crippen LogP contribution in [0.5, 0.6) is 0 Å². The highest BCUT2D eigenvalue weighted by Crippen LogP contribution is 2.28. The zero-order valence-corrected chi connectivity index (χ0v) is 13.7. The number of nitrogens with zero attached hydrogens (tertiary/aromatic N) is 2. The van der Waals surface area contributed by atoms with Crippen molar-refractivity contribution in [1.82, 2.24) is 15.2 Å². The van der Waals surface area contributed by atoms with E-state index < -0.39 is 0 Å². The van der Waals surface area contributed by atoms with E-state index >= 15 is 0 Å². The van der Waals surface area contributed by atoms with Crippen LogP contribution in [0.4, 0.5) is 0 Å². The quantitative estimate of drug-likeness (QED) is 0.630. The fourth-order valence-electron chi connectivity index (χ4n) is 2.38. The van der Waals surface area contributed by atoms with Gasteiger partial charge in [-0.3, -0.25) is 16.0 Å². The Labute approximate surface area is 135 Å². The Bertz CT molecular complexity index is 610. The summed E-state index contributed by atoms with van der Waals surface area (Å²) in [5.74, 6) is 5.72. The first-order valence-corrected chi connectivity index (χ1v) is 7.81. The molecular weight excluding hydrogens is 307 g/mol. The Hall–Kier alpha value is -1.07. The van der Waals surface area contributed by atoms with Crippen molar-refractivity contribution in [3.8, 4) is 0 Å². The maximum absolute atomic E-state index is 6.27. The highest BCUT2D eigenvalue weighted by Gasteiger charge is 2.17. The predicted molar refractivity (Wildman–Crippen MR) is 87.5 cm³/mol. The third kappa shape index (κ3) is 3.77. The predicted octanol–water partition coefficient (Wildman–Crippen LogP) is 3.52. The number of hydrazine groups is 1. The number of benzene rings is 1. The molecule has 2 rings (SSSR count). The first-order valence-electron chi connectivity index (χ1n) is 7.05. The van der Waals surface area contributed by atoms with Gasteiger partial charge in [0.25, 0.3) is 0 Å². The molecule has 0 radical (unpaired) electrons. The Balaban J connectivity index is 2.30. The molecule has 0 fully saturated rings. The van der Waals surface area contributed by atoms with Gasteiger partial charge >= 0.3 is 0 Å². The topological polar surface area (TPSA) is 55.9 Å². The van der Waals surface area contributed by atoms with Crippen LogP contribution >= 0.6 is 23.2 Å². The number of aryl methyl sites for hydroxylation is 2. The van der Waals surface area contributed by atoms with Crippen molar-refractivity contribution >= 4 is 23.2 Å². The van der Waals surface area contributed by atoms with Crippen molar-refractivity contribution < 1.29 is 0 Å². The van der Waals surface area contributed by atoms with E-state index in [4.69, 9.17) is 29.0 Å². The van der Waals surface area contributed by atoms with Crippen LogP contribution in [0.2, 0.25) is 10.0 Å². The van der Waals surface area contributed by atoms with Gasteiger partial charge in [-0.2, -0.15) is 5.10 Å². The lowest BCUT2D eigenvalue weighted by Crippen LogP contribution is -2.30. The van der Waals surface area contributed by atoms with E-state index in [0.29, 0.717) is 16.5 Å². The monoisotopic (exact) mass is 326 g/mol. The SMILES string of the molecule is CCc1cc(CC(NN)c2cc(Cl)ccc2Cl)n(CC)n1. The summed E-state index contributed by atoms with van der Waals surface area (Å²) in [5.41, 5.74) is 5.94. The second-order valence-corrected chi connectivity index (χ2v) is 5.73. The molecule has 4 nitrogen and oxygen atoms in total. The smallest absolute Gasteiger partial charge is 0.0624 e. The molecule has 114 valence electrons. The first kappa shape index (κ1) is 16.3. The molecule has 1 atom stereocenters. The van der Waals surface area contributed by atoms with Crippen LogP contribution < -0.4 is 11.3 Å². The number of hydrogen-bond donors (Lipinski definition) is 2. The molecule has 21 heavy (non-hydrogen) atoms. The molecule has 0 saturated heterocycles. The molecule has 0 aliphatic carbocycles. The molecule has 1 aromatic heterocycles. The molecule has 0 saturated carbocycles. The minimum atomic E-state index is -0.108. The van der Waals surface area contributed by atoms with Gasteiger partial charge in [-0.15, -0.1) is 0 Å². The maximum Gasteiger partial charge on any atom is 0.0624 e. The molecular formula is C15H20Cl2N4. The summed E-state index contributed by atoms with van der Waals surface area (Å²) < 4.78 is 2.00. The van der Waals surface area contributed by atoms with E-state index in [1.54, 1.807) is 12.1 Å². The van der Waals surface area contributed by atoms with Gasteiger partial charge < -0.3 is 0 Å². The van der Waals surface area contributed by atoms with Gasteiger partial charge in [-0.1, -0.05) is 30.1 Å². The van der Waals surface area contributed by atoms with Gasteiger partial charge in [-0.25, -0.2) is 0 Å². The van der Waals surface area contributed by atoms with Gasteiger partial charge in [0.05, 0.1) is 11.7 Å². The molecule has 0 aliphatic heterocycles. The fourth-order valence-corrected chi connectivity index (χ4v) is 2.81. The van der Waals surface area contributed by atoms with Crippen LogP contribution in [0.1, 0.15) is 36.8 Å². The number of nitrogens with two attached hydrogens (primary N) is 1. The molecule has 6 heteroatoms. The van der Waals surface area contributed by atoms with Gasteiger partial charge in [0.1, 0.15) is 0 Å². The molecule has 1 aromatic carbocycles. The van der Waals surface area contributed by atoms with Crippen LogP contribution in [0.3, 0.4) is 0 Å². The molecule has 0 amide bonds. The van der Waals surface area contributed by atoms with Crippen molar-refractivity contribution in [3.63, 3.8) is 0 Å². The summed E-state index contributed by atoms with van der Waals surface area (Å²) in [6.45, 7) is 5.00. The van der Waals surface area contributed by atoms with Crippen LogP contribution in [0, 0.1) is 0 Å². The van der Waals surface area contributed by atoms with E-state index in [-0.39, 0.29) is 6.04 Å². The third-order valence-electron chi connectivity index (χ3n) is 3.52. The van der Waals surface area contributed by atoms with Gasteiger partial charge in [0, 0.05) is 28.7 Å². The van der Waals surface area contributed by atoms with Crippen molar-refractivity contribution in [1.29, 1.82) is 0 Å². The summed E-state index contributed by atoms with van der Waals surface area (Å²) in [6, 6.07) is 7.42. The average molecular weight is 327 g/mol. The molecule has 0 aliphatic rings. The van der Waals surface area contributed by atoms with Gasteiger partial charge in [0.15, 0.2) is 0 Å². The minimum Gasteiger partial charge on any atom is -0.271 e. The highest BCUT2D eigenvalue weighted by molar-refractivity contribution is 6.33. The Morgan fingerprint density at radius 1 is 1.29 bits per heavy atom. The van der Waals surface area contributed by atoms with Crippen molar-refractivity contribution in [3.05, 3.63) is 51.3 Å². The van der Waals surface area contributed by atoms with Crippen LogP contribution in [-0.2, 0) is 19.4 Å². The summed E-state index contributed by atoms with van der Waals surface area (Å²) in [4.78, 5) is 0. The lowest BCUT2D eigenvalue weighted by molar-refractivity contribution is 0.517. The summed E-state index contributed by atoms with van der Waals surface area (Å²) in [5, 5.41) is 5.86. The van der Waals surface area contributed by atoms with Crippen molar-refractivity contribution in [2.45, 2.75) is 39.3 Å². The molecule has 1 heterocycles. The Morgan fingerprint density at radius 3 is 2.67 bits per heavy atom. The lowest BCUT2D eigenvalue weighted by Gasteiger charge is -2.18. The zero-order valence-electron chi connectivity index (χ0n) is 12.2. The third-order valence-corrected chi connectivity index (χ3v) is 4.10. The van der Waals surface area contributed by atoms with Gasteiger partial charge in [0.2, 0.25) is 0 Å². The number of hydrogen-bond acceptors (Lipinski definition) is 3. The van der Waals surface area contributed by atoms with E-state index in [1.807, 2.05) is 10.7 Å². The Kier molecular flexibility index (Phi) is 5.65. The highest BCUT2D eigenvalue weighted by atomic mass is 35.5. The number of rotatable bonds is 6. The molecule has 0 bridgehead atoms. The molecule has 1 unspecified atom stereocenters. The Morgan fingerprint density at radius 2 is 2.05 bits per heavy atom. The number of halogens is 2. The first-order chi connectivity index (χ1) is 10.1. The van der Waals surface area contributed by atoms with Crippen molar-refractivity contribution in [2.24, 2.45) is 5.84 Å². The second-order valence-electron chi connectivity index (χ2n) is 4.89. The van der Waals surface area contributed by atoms with Crippen molar-refractivity contribution in [2.75, 3.05) is 0 Å². The van der Waals surface area contributed by atoms with Crippen LogP contribution in [0.25, 0.3) is 0 Å². The van der Waals surface area contributed by atoms with Gasteiger partial charge in [-0.05, 0) is 43.2 Å². The lowest BCUT2D eigenvalue weighted by atomic mass is 10.0. The number of aromatic nitrogens is 2. The summed E-state index contributed by atoms with van der Waals surface area (Å²) >= 11 is 12.3. The fraction of sp³-hybridized carbons (Fsp3) is 0.400. The molecule has 3 N–H and O–H groups in total. The van der Waals surface area contributed by atoms with E-state index in [0.717, 1.165) is 29.9 Å². The normalized spacial score (nSPS) is 12.6. The standard InChI is InChI=1S/C15H20Cl2N4/c1-3-11-8-12(21(4-2)20-11)9-15(19-18)13-7-10(16)5-6-14(13)17/h5-8,15,19H,3-4,9,18H2,1-2H3. The van der Waals surface area contributed by atoms with Crippen LogP contribution in [-0.4, -0.2) is 9.78 Å². The largest absolute Gasteiger partial charge is 0.271 e. The van der Waals surface area contributed by atoms with Crippen LogP contribution in [0.15, 0.2) is 24.3 Å². The van der Waals surface area contributed by atoms with E-state index in [2.05, 4.69) is 30.4 Å².